The topological polar surface area (TPSA) is 123 Å². The molecule has 0 atom stereocenters. The summed E-state index contributed by atoms with van der Waals surface area (Å²) >= 11 is 12.4. The van der Waals surface area contributed by atoms with Crippen LogP contribution in [0.5, 0.6) is 0 Å². The summed E-state index contributed by atoms with van der Waals surface area (Å²) in [5.41, 5.74) is -0.228. The van der Waals surface area contributed by atoms with Crippen molar-refractivity contribution in [3.63, 3.8) is 0 Å². The van der Waals surface area contributed by atoms with E-state index in [9.17, 15) is 21.2 Å². The third-order valence-corrected chi connectivity index (χ3v) is 11.4. The second kappa shape index (κ2) is 9.29. The highest BCUT2D eigenvalue weighted by atomic mass is 35.5. The Morgan fingerprint density at radius 3 is 2.48 bits per heavy atom. The highest BCUT2D eigenvalue weighted by Gasteiger charge is 2.53. The van der Waals surface area contributed by atoms with Crippen LogP contribution >= 0.6 is 23.2 Å². The summed E-state index contributed by atoms with van der Waals surface area (Å²) in [6, 6.07) is 3.95. The number of anilines is 2. The summed E-state index contributed by atoms with van der Waals surface area (Å²) in [5.74, 6) is 0.0256. The molecule has 2 aliphatic rings. The number of hydrogen-bond acceptors (Lipinski definition) is 9. The first-order valence-electron chi connectivity index (χ1n) is 12.4. The second-order valence-electron chi connectivity index (χ2n) is 10.2. The van der Waals surface area contributed by atoms with Crippen LogP contribution in [0.3, 0.4) is 0 Å². The van der Waals surface area contributed by atoms with Crippen molar-refractivity contribution in [2.75, 3.05) is 29.4 Å². The van der Waals surface area contributed by atoms with Crippen LogP contribution in [-0.2, 0) is 20.0 Å². The molecule has 0 amide bonds. The lowest BCUT2D eigenvalue weighted by atomic mass is 10.1. The maximum absolute atomic E-state index is 14.7. The van der Waals surface area contributed by atoms with E-state index in [-0.39, 0.29) is 26.4 Å². The van der Waals surface area contributed by atoms with Crippen molar-refractivity contribution in [3.05, 3.63) is 59.0 Å². The van der Waals surface area contributed by atoms with Gasteiger partial charge in [0.05, 0.1) is 26.7 Å². The van der Waals surface area contributed by atoms with Crippen molar-refractivity contribution in [2.24, 2.45) is 0 Å². The summed E-state index contributed by atoms with van der Waals surface area (Å²) in [6.45, 7) is 4.24. The summed E-state index contributed by atoms with van der Waals surface area (Å²) in [7, 11) is -8.08. The SMILES string of the molecule is CC(C)S(=O)(=O)n1ccc(S(=O)(=O)n2nc(N3CCN(c4ncc(Cl)cc4F)CC34CC4)c3c(Cl)nccc32)c1. The highest BCUT2D eigenvalue weighted by Crippen LogP contribution is 2.49. The molecule has 16 heteroatoms. The Hall–Kier alpha value is -2.94. The number of rotatable bonds is 6. The van der Waals surface area contributed by atoms with Gasteiger partial charge in [0.25, 0.3) is 10.0 Å². The average molecular weight is 629 g/mol. The normalized spacial score (nSPS) is 17.4. The van der Waals surface area contributed by atoms with Crippen LogP contribution in [-0.4, -0.2) is 70.4 Å². The van der Waals surface area contributed by atoms with Gasteiger partial charge in [-0.05, 0) is 44.9 Å². The molecule has 1 spiro atoms. The van der Waals surface area contributed by atoms with Crippen molar-refractivity contribution < 1.29 is 21.2 Å². The Labute approximate surface area is 240 Å². The van der Waals surface area contributed by atoms with E-state index in [4.69, 9.17) is 23.2 Å². The van der Waals surface area contributed by atoms with E-state index in [2.05, 4.69) is 15.1 Å². The van der Waals surface area contributed by atoms with Gasteiger partial charge in [0, 0.05) is 44.4 Å². The average Bonchev–Trinajstić information content (AvgIpc) is 3.29. The van der Waals surface area contributed by atoms with Gasteiger partial charge in [-0.15, -0.1) is 5.10 Å². The van der Waals surface area contributed by atoms with Crippen LogP contribution in [0.15, 0.2) is 47.9 Å². The lowest BCUT2D eigenvalue weighted by Gasteiger charge is -2.43. The number of piperazine rings is 1. The van der Waals surface area contributed by atoms with Crippen LogP contribution in [0.25, 0.3) is 10.9 Å². The minimum atomic E-state index is -4.32. The minimum Gasteiger partial charge on any atom is -0.350 e. The van der Waals surface area contributed by atoms with E-state index in [1.807, 2.05) is 9.80 Å². The predicted octanol–water partition coefficient (Wildman–Crippen LogP) is 3.76. The van der Waals surface area contributed by atoms with E-state index in [1.54, 1.807) is 0 Å². The van der Waals surface area contributed by atoms with Crippen molar-refractivity contribution in [2.45, 2.75) is 42.4 Å². The molecule has 4 aromatic rings. The fourth-order valence-electron chi connectivity index (χ4n) is 5.07. The number of aromatic nitrogens is 5. The molecule has 1 aliphatic heterocycles. The molecule has 1 saturated heterocycles. The number of nitrogens with zero attached hydrogens (tertiary/aromatic N) is 7. The maximum atomic E-state index is 14.7. The van der Waals surface area contributed by atoms with Gasteiger partial charge in [0.2, 0.25) is 10.0 Å². The molecular formula is C24H24Cl2FN7O4S2. The number of pyridine rings is 2. The molecule has 0 radical (unpaired) electrons. The first-order valence-corrected chi connectivity index (χ1v) is 16.1. The smallest absolute Gasteiger partial charge is 0.285 e. The fourth-order valence-corrected chi connectivity index (χ4v) is 7.77. The van der Waals surface area contributed by atoms with Crippen LogP contribution in [0, 0.1) is 5.82 Å². The quantitative estimate of drug-likeness (QED) is 0.294. The number of fused-ring (bicyclic) bond motifs is 1. The van der Waals surface area contributed by atoms with Crippen LogP contribution in [0.4, 0.5) is 16.0 Å². The third-order valence-electron chi connectivity index (χ3n) is 7.38. The van der Waals surface area contributed by atoms with Crippen LogP contribution in [0.1, 0.15) is 26.7 Å². The third kappa shape index (κ3) is 4.23. The van der Waals surface area contributed by atoms with Crippen molar-refractivity contribution in [3.8, 4) is 0 Å². The molecule has 1 aliphatic carbocycles. The predicted molar refractivity (Wildman–Crippen MR) is 150 cm³/mol. The molecule has 0 unspecified atom stereocenters. The molecule has 4 aromatic heterocycles. The number of halogens is 3. The molecule has 0 bridgehead atoms. The molecule has 40 heavy (non-hydrogen) atoms. The van der Waals surface area contributed by atoms with Gasteiger partial charge >= 0.3 is 0 Å². The monoisotopic (exact) mass is 627 g/mol. The molecule has 0 aromatic carbocycles. The minimum absolute atomic E-state index is 0.0811. The summed E-state index contributed by atoms with van der Waals surface area (Å²) < 4.78 is 69.2. The van der Waals surface area contributed by atoms with Crippen molar-refractivity contribution >= 4 is 65.8 Å². The standard InChI is InChI=1S/C24H24Cl2FN7O4S2/c1-15(2)39(35,36)32-8-4-17(13-32)40(37,38)34-19-3-7-28-21(26)20(19)23(30-34)33-10-9-31(14-24(33)5-6-24)22-18(27)11-16(25)12-29-22/h3-4,7-8,11-13,15H,5-6,9-10,14H2,1-2H3. The molecule has 0 N–H and O–H groups in total. The Balaban J connectivity index is 1.41. The summed E-state index contributed by atoms with van der Waals surface area (Å²) in [6.07, 6.45) is 6.59. The van der Waals surface area contributed by atoms with Gasteiger partial charge in [-0.3, -0.25) is 3.97 Å². The molecule has 5 heterocycles. The number of hydrogen-bond donors (Lipinski definition) is 0. The van der Waals surface area contributed by atoms with E-state index in [0.717, 1.165) is 27.1 Å². The zero-order valence-corrected chi connectivity index (χ0v) is 24.5. The van der Waals surface area contributed by atoms with Gasteiger partial charge in [0.15, 0.2) is 17.5 Å². The first-order chi connectivity index (χ1) is 18.8. The Kier molecular flexibility index (Phi) is 6.33. The summed E-state index contributed by atoms with van der Waals surface area (Å²) in [4.78, 5) is 12.0. The Morgan fingerprint density at radius 2 is 1.80 bits per heavy atom. The van der Waals surface area contributed by atoms with Crippen LogP contribution < -0.4 is 9.80 Å². The maximum Gasteiger partial charge on any atom is 0.285 e. The zero-order chi connectivity index (χ0) is 28.6. The molecule has 11 nitrogen and oxygen atoms in total. The van der Waals surface area contributed by atoms with E-state index < -0.39 is 36.7 Å². The molecule has 1 saturated carbocycles. The summed E-state index contributed by atoms with van der Waals surface area (Å²) in [5, 5.41) is 4.44. The van der Waals surface area contributed by atoms with Gasteiger partial charge in [-0.1, -0.05) is 23.2 Å². The zero-order valence-electron chi connectivity index (χ0n) is 21.4. The second-order valence-corrected chi connectivity index (χ2v) is 15.2. The fraction of sp³-hybridized carbons (Fsp3) is 0.375. The largest absolute Gasteiger partial charge is 0.350 e. The van der Waals surface area contributed by atoms with Crippen molar-refractivity contribution in [1.29, 1.82) is 0 Å². The van der Waals surface area contributed by atoms with Crippen LogP contribution in [0.2, 0.25) is 10.2 Å². The van der Waals surface area contributed by atoms with Gasteiger partial charge < -0.3 is 9.80 Å². The molecular weight excluding hydrogens is 604 g/mol. The Bertz CT molecular complexity index is 1870. The lowest BCUT2D eigenvalue weighted by molar-refractivity contribution is 0.492. The molecule has 2 fully saturated rings. The first kappa shape index (κ1) is 27.2. The van der Waals surface area contributed by atoms with Crippen molar-refractivity contribution in [1.82, 2.24) is 23.1 Å². The van der Waals surface area contributed by atoms with E-state index in [1.165, 1.54) is 50.6 Å². The van der Waals surface area contributed by atoms with Gasteiger partial charge in [-0.25, -0.2) is 22.8 Å². The Morgan fingerprint density at radius 1 is 1.05 bits per heavy atom. The van der Waals surface area contributed by atoms with E-state index >= 15 is 0 Å². The van der Waals surface area contributed by atoms with Gasteiger partial charge in [-0.2, -0.15) is 12.5 Å². The van der Waals surface area contributed by atoms with E-state index in [0.29, 0.717) is 30.8 Å². The molecule has 6 rings (SSSR count). The van der Waals surface area contributed by atoms with Gasteiger partial charge in [0.1, 0.15) is 10.0 Å². The molecule has 212 valence electrons. The lowest BCUT2D eigenvalue weighted by Crippen LogP contribution is -2.56. The highest BCUT2D eigenvalue weighted by molar-refractivity contribution is 7.91.